The minimum atomic E-state index is -0.598. The number of nitrogens with zero attached hydrogens (tertiary/aromatic N) is 3. The Morgan fingerprint density at radius 2 is 1.06 bits per heavy atom. The summed E-state index contributed by atoms with van der Waals surface area (Å²) in [6.07, 6.45) is 2.97. The number of carbonyl (C=O) groups is 1. The van der Waals surface area contributed by atoms with E-state index in [-0.39, 0.29) is 11.8 Å². The molecular weight excluding hydrogens is 610 g/mol. The molecule has 49 heavy (non-hydrogen) atoms. The number of benzene rings is 4. The zero-order chi connectivity index (χ0) is 34.8. The van der Waals surface area contributed by atoms with E-state index in [9.17, 15) is 9.90 Å². The van der Waals surface area contributed by atoms with Crippen LogP contribution in [0.4, 0.5) is 11.4 Å². The van der Waals surface area contributed by atoms with Gasteiger partial charge >= 0.3 is 0 Å². The third-order valence-electron chi connectivity index (χ3n) is 9.29. The normalized spacial score (nSPS) is 15.8. The van der Waals surface area contributed by atoms with Gasteiger partial charge in [0.1, 0.15) is 0 Å². The zero-order valence-electron chi connectivity index (χ0n) is 28.8. The Bertz CT molecular complexity index is 1690. The highest BCUT2D eigenvalue weighted by Crippen LogP contribution is 2.30. The number of anilines is 2. The molecule has 0 unspecified atom stereocenters. The van der Waals surface area contributed by atoms with Gasteiger partial charge in [0, 0.05) is 68.7 Å². The lowest BCUT2D eigenvalue weighted by Crippen LogP contribution is -2.47. The third kappa shape index (κ3) is 9.48. The minimum absolute atomic E-state index is 0.0747. The minimum Gasteiger partial charge on any atom is -0.390 e. The molecule has 0 bridgehead atoms. The number of amides is 1. The van der Waals surface area contributed by atoms with Crippen LogP contribution in [0.1, 0.15) is 32.6 Å². The Morgan fingerprint density at radius 3 is 1.49 bits per heavy atom. The average Bonchev–Trinajstić information content (AvgIpc) is 3.12. The van der Waals surface area contributed by atoms with Gasteiger partial charge in [0.05, 0.1) is 5.60 Å². The number of piperidine rings is 2. The largest absolute Gasteiger partial charge is 0.390 e. The Hall–Kier alpha value is -5.15. The molecule has 256 valence electrons. The smallest absolute Gasteiger partial charge is 0.225 e. The third-order valence-corrected chi connectivity index (χ3v) is 9.29. The van der Waals surface area contributed by atoms with Crippen LogP contribution >= 0.6 is 0 Å². The van der Waals surface area contributed by atoms with E-state index in [1.165, 1.54) is 0 Å². The van der Waals surface area contributed by atoms with Crippen LogP contribution < -0.4 is 10.6 Å². The molecule has 4 aromatic rings. The van der Waals surface area contributed by atoms with E-state index >= 15 is 0 Å². The molecule has 0 atom stereocenters. The monoisotopic (exact) mass is 659 g/mol. The van der Waals surface area contributed by atoms with Crippen molar-refractivity contribution in [1.29, 1.82) is 10.8 Å². The number of hydrogen-bond donors (Lipinski definition) is 5. The van der Waals surface area contributed by atoms with Gasteiger partial charge in [-0.1, -0.05) is 97.1 Å². The molecule has 2 aliphatic rings. The van der Waals surface area contributed by atoms with Crippen molar-refractivity contribution in [1.82, 2.24) is 14.7 Å². The lowest BCUT2D eigenvalue weighted by molar-refractivity contribution is -0.134. The number of hydrogen-bond acceptors (Lipinski definition) is 4. The predicted molar refractivity (Wildman–Crippen MR) is 201 cm³/mol. The summed E-state index contributed by atoms with van der Waals surface area (Å²) in [5, 5.41) is 33.3. The maximum absolute atomic E-state index is 12.1. The predicted octanol–water partition coefficient (Wildman–Crippen LogP) is 7.05. The summed E-state index contributed by atoms with van der Waals surface area (Å²) in [4.78, 5) is 17.8. The van der Waals surface area contributed by atoms with Crippen molar-refractivity contribution in [3.05, 3.63) is 109 Å². The Balaban J connectivity index is 0.000000192. The molecule has 5 N–H and O–H groups in total. The standard InChI is InChI=1S/C21H26N4O.C19H23N3O/c1-24(2)20(26)17-12-14-25(15-13-17)21(22)23-19-11-7-6-10-18(19)16-8-4-3-5-9-16;1-19(23)11-13-22(14-12-19)18(20)21-17-10-6-5-9-16(17)15-7-3-2-4-8-15/h3-11,17H,12-15H2,1-2H3,(H2,22,23);2-10,23H,11-14H2,1H3,(H2,20,21). The molecule has 0 spiro atoms. The molecule has 9 nitrogen and oxygen atoms in total. The van der Waals surface area contributed by atoms with Crippen LogP contribution in [-0.2, 0) is 4.79 Å². The second-order valence-corrected chi connectivity index (χ2v) is 13.2. The van der Waals surface area contributed by atoms with Crippen LogP contribution in [0.3, 0.4) is 0 Å². The van der Waals surface area contributed by atoms with Gasteiger partial charge in [-0.05, 0) is 55.9 Å². The van der Waals surface area contributed by atoms with E-state index < -0.39 is 5.60 Å². The van der Waals surface area contributed by atoms with Gasteiger partial charge in [0.25, 0.3) is 0 Å². The molecule has 0 aromatic heterocycles. The molecule has 0 aliphatic carbocycles. The summed E-state index contributed by atoms with van der Waals surface area (Å²) >= 11 is 0. The molecule has 6 rings (SSSR count). The molecular formula is C40H49N7O2. The number of likely N-dealkylation sites (tertiary alicyclic amines) is 2. The van der Waals surface area contributed by atoms with Crippen molar-refractivity contribution in [3.63, 3.8) is 0 Å². The maximum atomic E-state index is 12.1. The van der Waals surface area contributed by atoms with Gasteiger partial charge in [-0.15, -0.1) is 0 Å². The highest BCUT2D eigenvalue weighted by atomic mass is 16.3. The van der Waals surface area contributed by atoms with Crippen molar-refractivity contribution in [3.8, 4) is 22.3 Å². The van der Waals surface area contributed by atoms with Crippen molar-refractivity contribution in [2.45, 2.75) is 38.2 Å². The number of para-hydroxylation sites is 2. The van der Waals surface area contributed by atoms with Crippen molar-refractivity contribution < 1.29 is 9.90 Å². The van der Waals surface area contributed by atoms with Crippen molar-refractivity contribution >= 4 is 29.2 Å². The van der Waals surface area contributed by atoms with Gasteiger partial charge in [-0.2, -0.15) is 0 Å². The van der Waals surface area contributed by atoms with Crippen molar-refractivity contribution in [2.24, 2.45) is 5.92 Å². The molecule has 0 radical (unpaired) electrons. The first-order chi connectivity index (χ1) is 23.6. The van der Waals surface area contributed by atoms with Crippen LogP contribution in [0.2, 0.25) is 0 Å². The van der Waals surface area contributed by atoms with Gasteiger partial charge in [-0.3, -0.25) is 15.6 Å². The number of carbonyl (C=O) groups excluding carboxylic acids is 1. The molecule has 2 aliphatic heterocycles. The van der Waals surface area contributed by atoms with Gasteiger partial charge in [-0.25, -0.2) is 0 Å². The van der Waals surface area contributed by atoms with E-state index in [1.807, 2.05) is 89.5 Å². The van der Waals surface area contributed by atoms with Gasteiger partial charge in [0.2, 0.25) is 5.91 Å². The Kier molecular flexibility index (Phi) is 11.7. The summed E-state index contributed by atoms with van der Waals surface area (Å²) < 4.78 is 0. The molecule has 4 aromatic carbocycles. The fourth-order valence-corrected chi connectivity index (χ4v) is 6.26. The molecule has 2 fully saturated rings. The van der Waals surface area contributed by atoms with Crippen LogP contribution in [0, 0.1) is 16.7 Å². The Morgan fingerprint density at radius 1 is 0.673 bits per heavy atom. The summed E-state index contributed by atoms with van der Waals surface area (Å²) in [5.74, 6) is 1.05. The highest BCUT2D eigenvalue weighted by Gasteiger charge is 2.29. The first kappa shape index (κ1) is 35.2. The second kappa shape index (κ2) is 16.3. The first-order valence-corrected chi connectivity index (χ1v) is 17.0. The summed E-state index contributed by atoms with van der Waals surface area (Å²) in [6.45, 7) is 4.72. The number of rotatable bonds is 5. The molecule has 2 heterocycles. The van der Waals surface area contributed by atoms with E-state index in [0.717, 1.165) is 59.6 Å². The maximum Gasteiger partial charge on any atom is 0.225 e. The summed E-state index contributed by atoms with van der Waals surface area (Å²) in [5.41, 5.74) is 5.68. The molecule has 0 saturated carbocycles. The zero-order valence-corrected chi connectivity index (χ0v) is 28.8. The lowest BCUT2D eigenvalue weighted by Gasteiger charge is -2.37. The van der Waals surface area contributed by atoms with Crippen LogP contribution in [0.15, 0.2) is 109 Å². The second-order valence-electron chi connectivity index (χ2n) is 13.2. The molecule has 9 heteroatoms. The summed E-state index contributed by atoms with van der Waals surface area (Å²) in [6, 6.07) is 36.5. The number of aliphatic hydroxyl groups is 1. The number of guanidine groups is 2. The fraction of sp³-hybridized carbons (Fsp3) is 0.325. The quantitative estimate of drug-likeness (QED) is 0.116. The highest BCUT2D eigenvalue weighted by molar-refractivity contribution is 5.97. The van der Waals surface area contributed by atoms with Crippen LogP contribution in [-0.4, -0.2) is 83.5 Å². The average molecular weight is 660 g/mol. The first-order valence-electron chi connectivity index (χ1n) is 17.0. The van der Waals surface area contributed by atoms with E-state index in [0.29, 0.717) is 37.9 Å². The number of nitrogens with one attached hydrogen (secondary N) is 4. The Labute approximate surface area is 290 Å². The van der Waals surface area contributed by atoms with Gasteiger partial charge < -0.3 is 30.4 Å². The van der Waals surface area contributed by atoms with Crippen LogP contribution in [0.25, 0.3) is 22.3 Å². The molecule has 1 amide bonds. The SMILES string of the molecule is CC1(O)CCN(C(=N)Nc2ccccc2-c2ccccc2)CC1.CN(C)C(=O)C1CCN(C(=N)Nc2ccccc2-c2ccccc2)CC1. The van der Waals surface area contributed by atoms with E-state index in [1.54, 1.807) is 19.0 Å². The lowest BCUT2D eigenvalue weighted by atomic mass is 9.94. The molecule has 2 saturated heterocycles. The van der Waals surface area contributed by atoms with Crippen molar-refractivity contribution in [2.75, 3.05) is 50.9 Å². The van der Waals surface area contributed by atoms with E-state index in [2.05, 4.69) is 47.0 Å². The topological polar surface area (TPSA) is 119 Å². The fourth-order valence-electron chi connectivity index (χ4n) is 6.26. The van der Waals surface area contributed by atoms with Gasteiger partial charge in [0.15, 0.2) is 11.9 Å². The summed E-state index contributed by atoms with van der Waals surface area (Å²) in [7, 11) is 3.61. The van der Waals surface area contributed by atoms with E-state index in [4.69, 9.17) is 10.8 Å². The van der Waals surface area contributed by atoms with Crippen LogP contribution in [0.5, 0.6) is 0 Å².